The van der Waals surface area contributed by atoms with Gasteiger partial charge in [0.25, 0.3) is 0 Å². The number of nitrogens with one attached hydrogen (secondary N) is 2. The first-order valence-corrected chi connectivity index (χ1v) is 4.72. The molecule has 0 amide bonds. The molecule has 0 saturated carbocycles. The molecular weight excluding hydrogens is 164 g/mol. The SMILES string of the molecule is CCC=C(NC)OC(=CCC)NC. The first-order valence-electron chi connectivity index (χ1n) is 4.72. The van der Waals surface area contributed by atoms with Crippen molar-refractivity contribution in [2.24, 2.45) is 0 Å². The van der Waals surface area contributed by atoms with Crippen LogP contribution >= 0.6 is 0 Å². The van der Waals surface area contributed by atoms with E-state index in [0.29, 0.717) is 0 Å². The molecule has 0 atom stereocenters. The summed E-state index contributed by atoms with van der Waals surface area (Å²) in [5, 5.41) is 5.97. The standard InChI is InChI=1S/C10H20N2O/c1-5-7-9(11-3)13-10(12-4)8-6-2/h7-8,11-12H,5-6H2,1-4H3. The predicted octanol–water partition coefficient (Wildman–Crippen LogP) is 1.94. The van der Waals surface area contributed by atoms with Gasteiger partial charge in [0.1, 0.15) is 0 Å². The summed E-state index contributed by atoms with van der Waals surface area (Å²) in [5.74, 6) is 1.58. The number of hydrogen-bond donors (Lipinski definition) is 2. The van der Waals surface area contributed by atoms with Crippen molar-refractivity contribution in [2.75, 3.05) is 14.1 Å². The van der Waals surface area contributed by atoms with E-state index in [-0.39, 0.29) is 0 Å². The molecule has 0 unspecified atom stereocenters. The number of ether oxygens (including phenoxy) is 1. The number of rotatable bonds is 6. The Balaban J connectivity index is 4.19. The van der Waals surface area contributed by atoms with Crippen LogP contribution in [-0.2, 0) is 4.74 Å². The summed E-state index contributed by atoms with van der Waals surface area (Å²) in [6, 6.07) is 0. The molecule has 0 aromatic rings. The molecule has 0 aliphatic heterocycles. The predicted molar refractivity (Wildman–Crippen MR) is 56.0 cm³/mol. The molecule has 0 rings (SSSR count). The van der Waals surface area contributed by atoms with E-state index in [4.69, 9.17) is 4.74 Å². The molecule has 0 saturated heterocycles. The highest BCUT2D eigenvalue weighted by molar-refractivity contribution is 4.98. The second-order valence-electron chi connectivity index (χ2n) is 2.56. The van der Waals surface area contributed by atoms with Crippen molar-refractivity contribution in [3.8, 4) is 0 Å². The van der Waals surface area contributed by atoms with Crippen LogP contribution < -0.4 is 10.6 Å². The van der Waals surface area contributed by atoms with E-state index in [1.807, 2.05) is 26.2 Å². The molecule has 3 heteroatoms. The minimum atomic E-state index is 0.788. The fraction of sp³-hybridized carbons (Fsp3) is 0.600. The molecule has 3 nitrogen and oxygen atoms in total. The van der Waals surface area contributed by atoms with Gasteiger partial charge in [0, 0.05) is 14.1 Å². The summed E-state index contributed by atoms with van der Waals surface area (Å²) >= 11 is 0. The van der Waals surface area contributed by atoms with Gasteiger partial charge in [-0.3, -0.25) is 0 Å². The summed E-state index contributed by atoms with van der Waals surface area (Å²) in [6.45, 7) is 4.15. The Morgan fingerprint density at radius 2 is 1.38 bits per heavy atom. The van der Waals surface area contributed by atoms with E-state index >= 15 is 0 Å². The Bertz CT molecular complexity index is 165. The van der Waals surface area contributed by atoms with Gasteiger partial charge in [0.2, 0.25) is 0 Å². The van der Waals surface area contributed by atoms with E-state index in [2.05, 4.69) is 24.5 Å². The quantitative estimate of drug-likeness (QED) is 0.619. The lowest BCUT2D eigenvalue weighted by molar-refractivity contribution is 0.257. The minimum Gasteiger partial charge on any atom is -0.426 e. The third kappa shape index (κ3) is 5.17. The average Bonchev–Trinajstić information content (AvgIpc) is 2.16. The van der Waals surface area contributed by atoms with Gasteiger partial charge in [-0.05, 0) is 25.0 Å². The maximum absolute atomic E-state index is 5.53. The third-order valence-corrected chi connectivity index (χ3v) is 1.49. The zero-order chi connectivity index (χ0) is 10.1. The van der Waals surface area contributed by atoms with Crippen molar-refractivity contribution < 1.29 is 4.74 Å². The van der Waals surface area contributed by atoms with Crippen LogP contribution in [0.1, 0.15) is 26.7 Å². The van der Waals surface area contributed by atoms with Crippen LogP contribution in [0.4, 0.5) is 0 Å². The van der Waals surface area contributed by atoms with Gasteiger partial charge in [-0.25, -0.2) is 0 Å². The molecule has 0 radical (unpaired) electrons. The molecule has 2 N–H and O–H groups in total. The van der Waals surface area contributed by atoms with Gasteiger partial charge < -0.3 is 15.4 Å². The van der Waals surface area contributed by atoms with Crippen molar-refractivity contribution in [2.45, 2.75) is 26.7 Å². The fourth-order valence-electron chi connectivity index (χ4n) is 0.879. The van der Waals surface area contributed by atoms with Gasteiger partial charge in [0.05, 0.1) is 0 Å². The van der Waals surface area contributed by atoms with E-state index in [9.17, 15) is 0 Å². The summed E-state index contributed by atoms with van der Waals surface area (Å²) in [4.78, 5) is 0. The second-order valence-corrected chi connectivity index (χ2v) is 2.56. The van der Waals surface area contributed by atoms with Crippen LogP contribution in [0.2, 0.25) is 0 Å². The summed E-state index contributed by atoms with van der Waals surface area (Å²) in [6.07, 6.45) is 5.92. The highest BCUT2D eigenvalue weighted by Crippen LogP contribution is 2.02. The maximum Gasteiger partial charge on any atom is 0.191 e. The van der Waals surface area contributed by atoms with Crippen molar-refractivity contribution in [3.05, 3.63) is 23.9 Å². The van der Waals surface area contributed by atoms with Gasteiger partial charge >= 0.3 is 0 Å². The second kappa shape index (κ2) is 7.53. The van der Waals surface area contributed by atoms with Crippen LogP contribution in [0, 0.1) is 0 Å². The first-order chi connectivity index (χ1) is 6.28. The van der Waals surface area contributed by atoms with Gasteiger partial charge in [-0.2, -0.15) is 0 Å². The highest BCUT2D eigenvalue weighted by atomic mass is 16.5. The van der Waals surface area contributed by atoms with Gasteiger partial charge in [0.15, 0.2) is 11.8 Å². The Morgan fingerprint density at radius 1 is 1.00 bits per heavy atom. The van der Waals surface area contributed by atoms with Crippen LogP contribution in [0.25, 0.3) is 0 Å². The molecule has 13 heavy (non-hydrogen) atoms. The molecule has 0 aromatic heterocycles. The van der Waals surface area contributed by atoms with E-state index in [1.165, 1.54) is 0 Å². The number of hydrogen-bond acceptors (Lipinski definition) is 3. The molecule has 0 aliphatic carbocycles. The van der Waals surface area contributed by atoms with Crippen molar-refractivity contribution in [1.82, 2.24) is 10.6 Å². The molecule has 0 bridgehead atoms. The lowest BCUT2D eigenvalue weighted by atomic mass is 10.4. The minimum absolute atomic E-state index is 0.788. The summed E-state index contributed by atoms with van der Waals surface area (Å²) < 4.78 is 5.53. The van der Waals surface area contributed by atoms with Gasteiger partial charge in [-0.15, -0.1) is 0 Å². The Hall–Kier alpha value is -1.12. The highest BCUT2D eigenvalue weighted by Gasteiger charge is 1.97. The fourth-order valence-corrected chi connectivity index (χ4v) is 0.879. The molecule has 0 spiro atoms. The zero-order valence-corrected chi connectivity index (χ0v) is 8.98. The Labute approximate surface area is 80.9 Å². The van der Waals surface area contributed by atoms with Gasteiger partial charge in [-0.1, -0.05) is 13.8 Å². The molecule has 0 aromatic carbocycles. The average molecular weight is 184 g/mol. The largest absolute Gasteiger partial charge is 0.426 e. The van der Waals surface area contributed by atoms with Crippen molar-refractivity contribution in [1.29, 1.82) is 0 Å². The lowest BCUT2D eigenvalue weighted by Gasteiger charge is -2.11. The molecular formula is C10H20N2O. The van der Waals surface area contributed by atoms with Crippen molar-refractivity contribution in [3.63, 3.8) is 0 Å². The zero-order valence-electron chi connectivity index (χ0n) is 8.98. The Morgan fingerprint density at radius 3 is 1.62 bits per heavy atom. The van der Waals surface area contributed by atoms with E-state index < -0.39 is 0 Å². The molecule has 0 fully saturated rings. The smallest absolute Gasteiger partial charge is 0.191 e. The summed E-state index contributed by atoms with van der Waals surface area (Å²) in [7, 11) is 3.70. The molecule has 76 valence electrons. The van der Waals surface area contributed by atoms with Crippen LogP contribution in [0.5, 0.6) is 0 Å². The first kappa shape index (κ1) is 11.9. The number of allylic oxidation sites excluding steroid dienone is 2. The van der Waals surface area contributed by atoms with Crippen LogP contribution in [-0.4, -0.2) is 14.1 Å². The van der Waals surface area contributed by atoms with Crippen LogP contribution in [0.3, 0.4) is 0 Å². The van der Waals surface area contributed by atoms with Crippen molar-refractivity contribution >= 4 is 0 Å². The third-order valence-electron chi connectivity index (χ3n) is 1.49. The Kier molecular flexibility index (Phi) is 6.88. The molecule has 0 heterocycles. The normalized spacial score (nSPS) is 12.6. The lowest BCUT2D eigenvalue weighted by Crippen LogP contribution is -2.15. The van der Waals surface area contributed by atoms with Crippen LogP contribution in [0.15, 0.2) is 23.9 Å². The van der Waals surface area contributed by atoms with E-state index in [0.717, 1.165) is 24.6 Å². The molecule has 0 aliphatic rings. The topological polar surface area (TPSA) is 33.3 Å². The maximum atomic E-state index is 5.53. The summed E-state index contributed by atoms with van der Waals surface area (Å²) in [5.41, 5.74) is 0. The van der Waals surface area contributed by atoms with E-state index in [1.54, 1.807) is 0 Å². The monoisotopic (exact) mass is 184 g/mol.